The lowest BCUT2D eigenvalue weighted by Crippen LogP contribution is -2.10. The maximum absolute atomic E-state index is 2.41. The van der Waals surface area contributed by atoms with Gasteiger partial charge in [0.05, 0.1) is 5.69 Å². The molecule has 1 aromatic heterocycles. The van der Waals surface area contributed by atoms with Crippen molar-refractivity contribution in [2.45, 2.75) is 0 Å². The summed E-state index contributed by atoms with van der Waals surface area (Å²) in [6.07, 6.45) is 0. The average molecular weight is 721 g/mol. The van der Waals surface area contributed by atoms with E-state index in [9.17, 15) is 0 Å². The topological polar surface area (TPSA) is 6.48 Å². The van der Waals surface area contributed by atoms with Gasteiger partial charge >= 0.3 is 0 Å². The molecular formula is C52H36N2S. The number of para-hydroxylation sites is 2. The molecule has 0 aliphatic carbocycles. The van der Waals surface area contributed by atoms with Crippen LogP contribution in [0.2, 0.25) is 0 Å². The number of benzene rings is 9. The second kappa shape index (κ2) is 14.1. The van der Waals surface area contributed by atoms with Gasteiger partial charge in [-0.3, -0.25) is 0 Å². The average Bonchev–Trinajstić information content (AvgIpc) is 3.64. The standard InChI is InChI=1S/C52H36N2S/c1-5-15-37(16-6-1)39-25-29-43(30-26-39)53(41-19-9-3-10-20-41)45-33-34-50-48(35-45)52-47-24-14-13-23-46(47)49(36-51(52)55-50)54(42-21-11-4-12-22-42)44-31-27-40(28-32-44)38-17-7-2-8-18-38/h1-36H. The van der Waals surface area contributed by atoms with Crippen molar-refractivity contribution in [3.8, 4) is 22.3 Å². The summed E-state index contributed by atoms with van der Waals surface area (Å²) in [6.45, 7) is 0. The maximum atomic E-state index is 2.41. The molecule has 2 nitrogen and oxygen atoms in total. The number of rotatable bonds is 8. The SMILES string of the molecule is c1ccc(-c2ccc(N(c3ccccc3)c3ccc4sc5cc(N(c6ccccc6)c6ccc(-c7ccccc7)cc6)c6ccccc6c5c4c3)cc2)cc1. The predicted octanol–water partition coefficient (Wildman–Crippen LogP) is 15.5. The Morgan fingerprint density at radius 2 is 0.691 bits per heavy atom. The molecule has 0 aliphatic rings. The minimum absolute atomic E-state index is 1.12. The second-order valence-electron chi connectivity index (χ2n) is 13.8. The van der Waals surface area contributed by atoms with Gasteiger partial charge in [0.15, 0.2) is 0 Å². The van der Waals surface area contributed by atoms with E-state index in [1.54, 1.807) is 0 Å². The Kier molecular flexibility index (Phi) is 8.40. The van der Waals surface area contributed by atoms with Crippen LogP contribution in [0.15, 0.2) is 218 Å². The molecule has 0 saturated carbocycles. The van der Waals surface area contributed by atoms with E-state index in [-0.39, 0.29) is 0 Å². The molecule has 0 fully saturated rings. The molecule has 0 N–H and O–H groups in total. The number of thiophene rings is 1. The number of anilines is 6. The first-order valence-corrected chi connectivity index (χ1v) is 19.5. The molecule has 0 atom stereocenters. The molecule has 0 aliphatic heterocycles. The van der Waals surface area contributed by atoms with E-state index >= 15 is 0 Å². The fourth-order valence-corrected chi connectivity index (χ4v) is 8.97. The van der Waals surface area contributed by atoms with Crippen molar-refractivity contribution in [3.63, 3.8) is 0 Å². The second-order valence-corrected chi connectivity index (χ2v) is 14.8. The van der Waals surface area contributed by atoms with Crippen LogP contribution >= 0.6 is 11.3 Å². The fraction of sp³-hybridized carbons (Fsp3) is 0. The Balaban J connectivity index is 1.13. The Hall–Kier alpha value is -6.94. The van der Waals surface area contributed by atoms with Crippen LogP contribution in [0.25, 0.3) is 53.2 Å². The van der Waals surface area contributed by atoms with E-state index in [0.717, 1.165) is 34.1 Å². The van der Waals surface area contributed by atoms with Gasteiger partial charge in [-0.2, -0.15) is 0 Å². The lowest BCUT2D eigenvalue weighted by molar-refractivity contribution is 1.29. The highest BCUT2D eigenvalue weighted by atomic mass is 32.1. The summed E-state index contributed by atoms with van der Waals surface area (Å²) in [6, 6.07) is 78.7. The molecule has 10 rings (SSSR count). The molecule has 0 amide bonds. The van der Waals surface area contributed by atoms with Gasteiger partial charge in [-0.25, -0.2) is 0 Å². The summed E-state index contributed by atoms with van der Waals surface area (Å²) in [5.74, 6) is 0. The first-order valence-electron chi connectivity index (χ1n) is 18.7. The van der Waals surface area contributed by atoms with Gasteiger partial charge in [0.25, 0.3) is 0 Å². The maximum Gasteiger partial charge on any atom is 0.0554 e. The van der Waals surface area contributed by atoms with Crippen molar-refractivity contribution in [2.24, 2.45) is 0 Å². The van der Waals surface area contributed by atoms with Gasteiger partial charge in [-0.1, -0.05) is 146 Å². The minimum atomic E-state index is 1.12. The van der Waals surface area contributed by atoms with E-state index < -0.39 is 0 Å². The van der Waals surface area contributed by atoms with Crippen LogP contribution in [0.3, 0.4) is 0 Å². The molecule has 3 heteroatoms. The Labute approximate surface area is 325 Å². The molecule has 0 bridgehead atoms. The smallest absolute Gasteiger partial charge is 0.0554 e. The van der Waals surface area contributed by atoms with Crippen molar-refractivity contribution in [1.82, 2.24) is 0 Å². The molecule has 0 radical (unpaired) electrons. The molecular weight excluding hydrogens is 685 g/mol. The molecule has 0 unspecified atom stereocenters. The van der Waals surface area contributed by atoms with Crippen LogP contribution < -0.4 is 9.80 Å². The van der Waals surface area contributed by atoms with Gasteiger partial charge in [-0.05, 0) is 100 Å². The van der Waals surface area contributed by atoms with E-state index in [0.29, 0.717) is 0 Å². The van der Waals surface area contributed by atoms with E-state index in [4.69, 9.17) is 0 Å². The van der Waals surface area contributed by atoms with Gasteiger partial charge in [0, 0.05) is 54.0 Å². The highest BCUT2D eigenvalue weighted by molar-refractivity contribution is 7.26. The number of fused-ring (bicyclic) bond motifs is 5. The van der Waals surface area contributed by atoms with Crippen LogP contribution in [0.5, 0.6) is 0 Å². The highest BCUT2D eigenvalue weighted by Gasteiger charge is 2.21. The van der Waals surface area contributed by atoms with Crippen molar-refractivity contribution >= 4 is 76.4 Å². The lowest BCUT2D eigenvalue weighted by Gasteiger charge is -2.27. The van der Waals surface area contributed by atoms with Crippen LogP contribution in [-0.4, -0.2) is 0 Å². The Morgan fingerprint density at radius 3 is 1.25 bits per heavy atom. The molecule has 9 aromatic carbocycles. The van der Waals surface area contributed by atoms with Crippen molar-refractivity contribution in [1.29, 1.82) is 0 Å². The summed E-state index contributed by atoms with van der Waals surface area (Å²) in [5, 5.41) is 5.02. The first-order chi connectivity index (χ1) is 27.3. The highest BCUT2D eigenvalue weighted by Crippen LogP contribution is 2.48. The number of hydrogen-bond donors (Lipinski definition) is 0. The molecule has 0 spiro atoms. The largest absolute Gasteiger partial charge is 0.310 e. The Morgan fingerprint density at radius 1 is 0.273 bits per heavy atom. The summed E-state index contributed by atoms with van der Waals surface area (Å²) in [5.41, 5.74) is 11.6. The third-order valence-corrected chi connectivity index (χ3v) is 11.5. The third-order valence-electron chi connectivity index (χ3n) is 10.4. The summed E-state index contributed by atoms with van der Waals surface area (Å²) < 4.78 is 2.54. The zero-order valence-electron chi connectivity index (χ0n) is 30.1. The van der Waals surface area contributed by atoms with Crippen LogP contribution in [-0.2, 0) is 0 Å². The van der Waals surface area contributed by atoms with Gasteiger partial charge in [0.1, 0.15) is 0 Å². The van der Waals surface area contributed by atoms with Crippen molar-refractivity contribution < 1.29 is 0 Å². The first kappa shape index (κ1) is 32.7. The van der Waals surface area contributed by atoms with Gasteiger partial charge in [-0.15, -0.1) is 11.3 Å². The molecule has 55 heavy (non-hydrogen) atoms. The number of nitrogens with zero attached hydrogens (tertiary/aromatic N) is 2. The van der Waals surface area contributed by atoms with E-state index in [1.807, 2.05) is 11.3 Å². The van der Waals surface area contributed by atoms with E-state index in [1.165, 1.54) is 53.2 Å². The predicted molar refractivity (Wildman–Crippen MR) is 237 cm³/mol. The van der Waals surface area contributed by atoms with Gasteiger partial charge in [0.2, 0.25) is 0 Å². The number of hydrogen-bond acceptors (Lipinski definition) is 3. The van der Waals surface area contributed by atoms with Crippen LogP contribution in [0.4, 0.5) is 34.1 Å². The zero-order chi connectivity index (χ0) is 36.6. The van der Waals surface area contributed by atoms with Crippen molar-refractivity contribution in [2.75, 3.05) is 9.80 Å². The van der Waals surface area contributed by atoms with Gasteiger partial charge < -0.3 is 9.80 Å². The quantitative estimate of drug-likeness (QED) is 0.154. The normalized spacial score (nSPS) is 11.3. The summed E-state index contributed by atoms with van der Waals surface area (Å²) >= 11 is 1.86. The zero-order valence-corrected chi connectivity index (χ0v) is 30.9. The fourth-order valence-electron chi connectivity index (χ4n) is 7.83. The van der Waals surface area contributed by atoms with Crippen LogP contribution in [0.1, 0.15) is 0 Å². The van der Waals surface area contributed by atoms with Crippen LogP contribution in [0, 0.1) is 0 Å². The Bertz CT molecular complexity index is 2890. The minimum Gasteiger partial charge on any atom is -0.310 e. The molecule has 10 aromatic rings. The summed E-state index contributed by atoms with van der Waals surface area (Å²) in [4.78, 5) is 4.77. The third kappa shape index (κ3) is 6.11. The van der Waals surface area contributed by atoms with E-state index in [2.05, 4.69) is 228 Å². The molecule has 260 valence electrons. The molecule has 1 heterocycles. The lowest BCUT2D eigenvalue weighted by atomic mass is 10.00. The van der Waals surface area contributed by atoms with Crippen molar-refractivity contribution in [3.05, 3.63) is 218 Å². The molecule has 0 saturated heterocycles. The monoisotopic (exact) mass is 720 g/mol. The summed E-state index contributed by atoms with van der Waals surface area (Å²) in [7, 11) is 0.